The van der Waals surface area contributed by atoms with Gasteiger partial charge in [0.05, 0.1) is 6.54 Å². The molecule has 5 heteroatoms. The van der Waals surface area contributed by atoms with E-state index in [-0.39, 0.29) is 11.8 Å². The quantitative estimate of drug-likeness (QED) is 0.872. The van der Waals surface area contributed by atoms with E-state index in [4.69, 9.17) is 0 Å². The summed E-state index contributed by atoms with van der Waals surface area (Å²) in [5, 5.41) is 6.29. The van der Waals surface area contributed by atoms with Gasteiger partial charge in [0.2, 0.25) is 5.91 Å². The third kappa shape index (κ3) is 4.21. The number of guanidine groups is 1. The Morgan fingerprint density at radius 3 is 2.95 bits per heavy atom. The minimum Gasteiger partial charge on any atom is -0.352 e. The molecular formula is C16H24N4O. The van der Waals surface area contributed by atoms with Crippen LogP contribution in [0.1, 0.15) is 25.8 Å². The summed E-state index contributed by atoms with van der Waals surface area (Å²) in [6.45, 7) is 6.48. The Hall–Kier alpha value is -2.04. The molecule has 2 rings (SSSR count). The molecule has 21 heavy (non-hydrogen) atoms. The molecule has 1 aromatic carbocycles. The van der Waals surface area contributed by atoms with Gasteiger partial charge in [-0.2, -0.15) is 0 Å². The fraction of sp³-hybridized carbons (Fsp3) is 0.500. The van der Waals surface area contributed by atoms with Crippen molar-refractivity contribution in [2.75, 3.05) is 25.5 Å². The Labute approximate surface area is 126 Å². The van der Waals surface area contributed by atoms with Crippen molar-refractivity contribution in [3.05, 3.63) is 29.8 Å². The van der Waals surface area contributed by atoms with Crippen LogP contribution in [0.4, 0.5) is 5.69 Å². The second kappa shape index (κ2) is 7.11. The minimum absolute atomic E-state index is 0.0354. The second-order valence-electron chi connectivity index (χ2n) is 5.48. The summed E-state index contributed by atoms with van der Waals surface area (Å²) in [5.74, 6) is 1.04. The van der Waals surface area contributed by atoms with Gasteiger partial charge < -0.3 is 15.5 Å². The number of hydrogen-bond donors (Lipinski definition) is 2. The first-order valence-electron chi connectivity index (χ1n) is 7.49. The van der Waals surface area contributed by atoms with E-state index in [1.165, 1.54) is 0 Å². The van der Waals surface area contributed by atoms with E-state index in [9.17, 15) is 4.79 Å². The van der Waals surface area contributed by atoms with Crippen molar-refractivity contribution < 1.29 is 4.79 Å². The molecule has 114 valence electrons. The summed E-state index contributed by atoms with van der Waals surface area (Å²) >= 11 is 0. The van der Waals surface area contributed by atoms with Gasteiger partial charge in [0, 0.05) is 31.7 Å². The molecule has 0 saturated carbocycles. The predicted octanol–water partition coefficient (Wildman–Crippen LogP) is 2.06. The minimum atomic E-state index is 0.0354. The Morgan fingerprint density at radius 2 is 2.29 bits per heavy atom. The van der Waals surface area contributed by atoms with Crippen LogP contribution in [0, 0.1) is 5.92 Å². The number of aliphatic imine (C=N–C) groups is 1. The van der Waals surface area contributed by atoms with E-state index in [1.807, 2.05) is 45.2 Å². The zero-order chi connectivity index (χ0) is 15.2. The molecule has 1 heterocycles. The van der Waals surface area contributed by atoms with Crippen molar-refractivity contribution in [3.8, 4) is 0 Å². The summed E-state index contributed by atoms with van der Waals surface area (Å²) in [5.41, 5.74) is 1.97. The lowest BCUT2D eigenvalue weighted by atomic mass is 10.1. The Kier molecular flexibility index (Phi) is 5.20. The molecule has 1 unspecified atom stereocenters. The number of carbonyl (C=O) groups excluding carboxylic acids is 1. The fourth-order valence-electron chi connectivity index (χ4n) is 2.11. The van der Waals surface area contributed by atoms with Gasteiger partial charge in [0.25, 0.3) is 0 Å². The lowest BCUT2D eigenvalue weighted by Gasteiger charge is -2.16. The number of rotatable bonds is 5. The monoisotopic (exact) mass is 288 g/mol. The highest BCUT2D eigenvalue weighted by Gasteiger charge is 2.12. The maximum atomic E-state index is 11.9. The Bertz CT molecular complexity index is 527. The van der Waals surface area contributed by atoms with E-state index in [0.717, 1.165) is 36.7 Å². The highest BCUT2D eigenvalue weighted by atomic mass is 16.1. The van der Waals surface area contributed by atoms with E-state index < -0.39 is 0 Å². The zero-order valence-electron chi connectivity index (χ0n) is 13.0. The molecular weight excluding hydrogens is 264 g/mol. The topological polar surface area (TPSA) is 56.7 Å². The van der Waals surface area contributed by atoms with Crippen LogP contribution in [-0.4, -0.2) is 36.9 Å². The lowest BCUT2D eigenvalue weighted by molar-refractivity contribution is -0.119. The first kappa shape index (κ1) is 15.4. The number of carbonyl (C=O) groups is 1. The molecule has 0 bridgehead atoms. The van der Waals surface area contributed by atoms with Crippen molar-refractivity contribution >= 4 is 17.6 Å². The molecule has 2 N–H and O–H groups in total. The van der Waals surface area contributed by atoms with E-state index in [0.29, 0.717) is 6.54 Å². The molecule has 0 fully saturated rings. The number of nitrogens with zero attached hydrogens (tertiary/aromatic N) is 2. The summed E-state index contributed by atoms with van der Waals surface area (Å²) in [6, 6.07) is 7.93. The number of anilines is 1. The van der Waals surface area contributed by atoms with Crippen LogP contribution in [0.15, 0.2) is 29.3 Å². The summed E-state index contributed by atoms with van der Waals surface area (Å²) in [4.78, 5) is 18.4. The fourth-order valence-corrected chi connectivity index (χ4v) is 2.11. The van der Waals surface area contributed by atoms with Crippen LogP contribution in [0.2, 0.25) is 0 Å². The second-order valence-corrected chi connectivity index (χ2v) is 5.48. The highest BCUT2D eigenvalue weighted by molar-refractivity contribution is 5.92. The first-order valence-corrected chi connectivity index (χ1v) is 7.49. The average Bonchev–Trinajstić information content (AvgIpc) is 2.90. The van der Waals surface area contributed by atoms with Crippen LogP contribution in [0.3, 0.4) is 0 Å². The molecule has 1 atom stereocenters. The van der Waals surface area contributed by atoms with Crippen LogP contribution in [0.25, 0.3) is 0 Å². The molecule has 1 amide bonds. The van der Waals surface area contributed by atoms with E-state index >= 15 is 0 Å². The number of nitrogens with one attached hydrogen (secondary N) is 2. The van der Waals surface area contributed by atoms with Gasteiger partial charge in [-0.3, -0.25) is 9.79 Å². The maximum absolute atomic E-state index is 11.9. The van der Waals surface area contributed by atoms with Crippen LogP contribution in [-0.2, 0) is 11.3 Å². The number of likely N-dealkylation sites (N-methyl/N-ethyl adjacent to an activating group) is 1. The van der Waals surface area contributed by atoms with Crippen molar-refractivity contribution in [1.82, 2.24) is 10.2 Å². The molecule has 5 nitrogen and oxygen atoms in total. The number of amides is 1. The van der Waals surface area contributed by atoms with Gasteiger partial charge in [-0.25, -0.2) is 0 Å². The van der Waals surface area contributed by atoms with Crippen LogP contribution < -0.4 is 10.6 Å². The Balaban J connectivity index is 1.93. The molecule has 0 radical (unpaired) electrons. The SMILES string of the molecule is CCC(C)C(=O)Nc1cccc(CNC2=NCCN2C)c1. The molecule has 0 aliphatic carbocycles. The maximum Gasteiger partial charge on any atom is 0.227 e. The highest BCUT2D eigenvalue weighted by Crippen LogP contribution is 2.13. The van der Waals surface area contributed by atoms with Gasteiger partial charge in [0.1, 0.15) is 0 Å². The largest absolute Gasteiger partial charge is 0.352 e. The Morgan fingerprint density at radius 1 is 1.48 bits per heavy atom. The van der Waals surface area contributed by atoms with Gasteiger partial charge in [-0.15, -0.1) is 0 Å². The lowest BCUT2D eigenvalue weighted by Crippen LogP contribution is -2.35. The molecule has 1 aliphatic heterocycles. The van der Waals surface area contributed by atoms with Gasteiger partial charge >= 0.3 is 0 Å². The van der Waals surface area contributed by atoms with Crippen molar-refractivity contribution in [1.29, 1.82) is 0 Å². The average molecular weight is 288 g/mol. The zero-order valence-corrected chi connectivity index (χ0v) is 13.0. The molecule has 0 aromatic heterocycles. The van der Waals surface area contributed by atoms with Crippen molar-refractivity contribution in [3.63, 3.8) is 0 Å². The summed E-state index contributed by atoms with van der Waals surface area (Å²) in [6.07, 6.45) is 0.846. The van der Waals surface area contributed by atoms with Crippen LogP contribution >= 0.6 is 0 Å². The molecule has 1 aliphatic rings. The standard InChI is InChI=1S/C16H24N4O/c1-4-12(2)15(21)19-14-7-5-6-13(10-14)11-18-16-17-8-9-20(16)3/h5-7,10,12H,4,8-9,11H2,1-3H3,(H,17,18)(H,19,21). The van der Waals surface area contributed by atoms with Gasteiger partial charge in [0.15, 0.2) is 5.96 Å². The van der Waals surface area contributed by atoms with E-state index in [1.54, 1.807) is 0 Å². The number of benzene rings is 1. The van der Waals surface area contributed by atoms with Gasteiger partial charge in [-0.05, 0) is 24.1 Å². The number of hydrogen-bond acceptors (Lipinski definition) is 4. The third-order valence-corrected chi connectivity index (χ3v) is 3.76. The molecule has 0 saturated heterocycles. The van der Waals surface area contributed by atoms with Crippen LogP contribution in [0.5, 0.6) is 0 Å². The van der Waals surface area contributed by atoms with Crippen molar-refractivity contribution in [2.45, 2.75) is 26.8 Å². The molecule has 1 aromatic rings. The smallest absolute Gasteiger partial charge is 0.227 e. The van der Waals surface area contributed by atoms with Crippen molar-refractivity contribution in [2.24, 2.45) is 10.9 Å². The van der Waals surface area contributed by atoms with E-state index in [2.05, 4.69) is 20.5 Å². The predicted molar refractivity (Wildman–Crippen MR) is 86.3 cm³/mol. The normalized spacial score (nSPS) is 15.6. The summed E-state index contributed by atoms with van der Waals surface area (Å²) in [7, 11) is 2.03. The first-order chi connectivity index (χ1) is 10.1. The third-order valence-electron chi connectivity index (χ3n) is 3.76. The van der Waals surface area contributed by atoms with Gasteiger partial charge in [-0.1, -0.05) is 26.0 Å². The molecule has 0 spiro atoms. The summed E-state index contributed by atoms with van der Waals surface area (Å²) < 4.78 is 0.